The number of anilines is 1. The van der Waals surface area contributed by atoms with Gasteiger partial charge >= 0.3 is 0 Å². The maximum Gasteiger partial charge on any atom is 0.224 e. The van der Waals surface area contributed by atoms with Gasteiger partial charge in [0.1, 0.15) is 0 Å². The zero-order valence-corrected chi connectivity index (χ0v) is 15.4. The molecule has 0 atom stereocenters. The number of rotatable bonds is 7. The van der Waals surface area contributed by atoms with Gasteiger partial charge in [0.05, 0.1) is 11.0 Å². The van der Waals surface area contributed by atoms with Gasteiger partial charge in [0.25, 0.3) is 0 Å². The first-order valence-corrected chi connectivity index (χ1v) is 10.4. The SMILES string of the molecule is CC(C)S(=O)(=O)Cc1cccc(NC(=O)CCC2CCNCC2)c1. The van der Waals surface area contributed by atoms with Crippen molar-refractivity contribution in [2.75, 3.05) is 18.4 Å². The van der Waals surface area contributed by atoms with Gasteiger partial charge in [-0.15, -0.1) is 0 Å². The topological polar surface area (TPSA) is 75.3 Å². The fourth-order valence-corrected chi connectivity index (χ4v) is 3.84. The van der Waals surface area contributed by atoms with Gasteiger partial charge in [0.2, 0.25) is 5.91 Å². The summed E-state index contributed by atoms with van der Waals surface area (Å²) in [6, 6.07) is 7.12. The lowest BCUT2D eigenvalue weighted by molar-refractivity contribution is -0.116. The highest BCUT2D eigenvalue weighted by Crippen LogP contribution is 2.19. The summed E-state index contributed by atoms with van der Waals surface area (Å²) < 4.78 is 24.0. The van der Waals surface area contributed by atoms with Crippen molar-refractivity contribution in [3.05, 3.63) is 29.8 Å². The summed E-state index contributed by atoms with van der Waals surface area (Å²) in [6.45, 7) is 5.45. The highest BCUT2D eigenvalue weighted by molar-refractivity contribution is 7.91. The van der Waals surface area contributed by atoms with Crippen LogP contribution in [0.25, 0.3) is 0 Å². The van der Waals surface area contributed by atoms with Crippen molar-refractivity contribution < 1.29 is 13.2 Å². The van der Waals surface area contributed by atoms with Gasteiger partial charge < -0.3 is 10.6 Å². The quantitative estimate of drug-likeness (QED) is 0.791. The van der Waals surface area contributed by atoms with Crippen LogP contribution in [0.15, 0.2) is 24.3 Å². The number of carbonyl (C=O) groups excluding carboxylic acids is 1. The second-order valence-corrected chi connectivity index (χ2v) is 9.39. The normalized spacial score (nSPS) is 16.3. The molecule has 2 N–H and O–H groups in total. The van der Waals surface area contributed by atoms with Gasteiger partial charge in [-0.1, -0.05) is 12.1 Å². The molecule has 0 saturated carbocycles. The molecular weight excluding hydrogens is 324 g/mol. The third-order valence-electron chi connectivity index (χ3n) is 4.54. The molecule has 1 aromatic rings. The molecule has 1 fully saturated rings. The molecule has 0 bridgehead atoms. The van der Waals surface area contributed by atoms with E-state index in [1.54, 1.807) is 38.1 Å². The molecule has 1 saturated heterocycles. The highest BCUT2D eigenvalue weighted by atomic mass is 32.2. The third kappa shape index (κ3) is 5.91. The lowest BCUT2D eigenvalue weighted by atomic mass is 9.93. The first-order chi connectivity index (χ1) is 11.4. The smallest absolute Gasteiger partial charge is 0.224 e. The Kier molecular flexibility index (Phi) is 6.80. The van der Waals surface area contributed by atoms with E-state index in [1.165, 1.54) is 0 Å². The standard InChI is InChI=1S/C18H28N2O3S/c1-14(2)24(22,23)13-16-4-3-5-17(12-16)20-18(21)7-6-15-8-10-19-11-9-15/h3-5,12,14-15,19H,6-11,13H2,1-2H3,(H,20,21). The molecule has 0 spiro atoms. The van der Waals surface area contributed by atoms with E-state index in [9.17, 15) is 13.2 Å². The number of piperidine rings is 1. The largest absolute Gasteiger partial charge is 0.326 e. The molecule has 134 valence electrons. The van der Waals surface area contributed by atoms with Gasteiger partial charge in [-0.25, -0.2) is 8.42 Å². The zero-order valence-electron chi connectivity index (χ0n) is 14.5. The fourth-order valence-electron chi connectivity index (χ4n) is 2.87. The molecule has 1 heterocycles. The van der Waals surface area contributed by atoms with Gasteiger partial charge in [0.15, 0.2) is 9.84 Å². The van der Waals surface area contributed by atoms with Crippen molar-refractivity contribution in [2.24, 2.45) is 5.92 Å². The minimum absolute atomic E-state index is 0.00241. The van der Waals surface area contributed by atoms with E-state index in [1.807, 2.05) is 0 Å². The second kappa shape index (κ2) is 8.62. The molecule has 24 heavy (non-hydrogen) atoms. The Morgan fingerprint density at radius 2 is 2.00 bits per heavy atom. The van der Waals surface area contributed by atoms with Crippen LogP contribution in [-0.4, -0.2) is 32.7 Å². The Morgan fingerprint density at radius 3 is 2.67 bits per heavy atom. The maximum absolute atomic E-state index is 12.1. The van der Waals surface area contributed by atoms with Crippen molar-refractivity contribution in [3.63, 3.8) is 0 Å². The molecular formula is C18H28N2O3S. The van der Waals surface area contributed by atoms with Crippen LogP contribution >= 0.6 is 0 Å². The van der Waals surface area contributed by atoms with Gasteiger partial charge in [0, 0.05) is 12.1 Å². The average molecular weight is 353 g/mol. The lowest BCUT2D eigenvalue weighted by Crippen LogP contribution is -2.28. The predicted molar refractivity (Wildman–Crippen MR) is 97.7 cm³/mol. The second-order valence-electron chi connectivity index (χ2n) is 6.84. The molecule has 1 aromatic carbocycles. The number of sulfone groups is 1. The number of benzene rings is 1. The van der Waals surface area contributed by atoms with Crippen LogP contribution in [0.1, 0.15) is 45.1 Å². The summed E-state index contributed by atoms with van der Waals surface area (Å²) >= 11 is 0. The first kappa shape index (κ1) is 18.9. The summed E-state index contributed by atoms with van der Waals surface area (Å²) in [4.78, 5) is 12.1. The number of hydrogen-bond donors (Lipinski definition) is 2. The Morgan fingerprint density at radius 1 is 1.29 bits per heavy atom. The average Bonchev–Trinajstić information content (AvgIpc) is 2.54. The Hall–Kier alpha value is -1.40. The molecule has 1 aliphatic heterocycles. The van der Waals surface area contributed by atoms with Crippen LogP contribution in [0.2, 0.25) is 0 Å². The van der Waals surface area contributed by atoms with Crippen molar-refractivity contribution in [3.8, 4) is 0 Å². The molecule has 1 amide bonds. The summed E-state index contributed by atoms with van der Waals surface area (Å²) in [5.41, 5.74) is 1.38. The van der Waals surface area contributed by atoms with Crippen LogP contribution in [0.3, 0.4) is 0 Å². The molecule has 5 nitrogen and oxygen atoms in total. The van der Waals surface area contributed by atoms with E-state index in [0.717, 1.165) is 32.4 Å². The minimum atomic E-state index is -3.14. The number of nitrogens with one attached hydrogen (secondary N) is 2. The van der Waals surface area contributed by atoms with E-state index in [4.69, 9.17) is 0 Å². The minimum Gasteiger partial charge on any atom is -0.326 e. The molecule has 6 heteroatoms. The number of amides is 1. The molecule has 0 aromatic heterocycles. The van der Waals surface area contributed by atoms with E-state index in [-0.39, 0.29) is 11.7 Å². The predicted octanol–water partition coefficient (Wildman–Crippen LogP) is 2.73. The summed E-state index contributed by atoms with van der Waals surface area (Å²) in [6.07, 6.45) is 3.69. The Balaban J connectivity index is 1.88. The summed E-state index contributed by atoms with van der Waals surface area (Å²) in [5, 5.41) is 5.81. The first-order valence-electron chi connectivity index (χ1n) is 8.68. The van der Waals surface area contributed by atoms with Crippen molar-refractivity contribution in [1.82, 2.24) is 5.32 Å². The third-order valence-corrected chi connectivity index (χ3v) is 6.71. The van der Waals surface area contributed by atoms with Crippen LogP contribution in [-0.2, 0) is 20.4 Å². The highest BCUT2D eigenvalue weighted by Gasteiger charge is 2.17. The van der Waals surface area contributed by atoms with E-state index >= 15 is 0 Å². The van der Waals surface area contributed by atoms with Crippen molar-refractivity contribution in [1.29, 1.82) is 0 Å². The summed E-state index contributed by atoms with van der Waals surface area (Å²) in [5.74, 6) is 0.626. The van der Waals surface area contributed by atoms with Gasteiger partial charge in [-0.05, 0) is 69.8 Å². The van der Waals surface area contributed by atoms with E-state index in [2.05, 4.69) is 10.6 Å². The molecule has 1 aliphatic rings. The van der Waals surface area contributed by atoms with E-state index in [0.29, 0.717) is 23.6 Å². The molecule has 0 aliphatic carbocycles. The molecule has 0 radical (unpaired) electrons. The Labute approximate surface area is 145 Å². The molecule has 2 rings (SSSR count). The Bertz CT molecular complexity index is 650. The van der Waals surface area contributed by atoms with Gasteiger partial charge in [-0.2, -0.15) is 0 Å². The van der Waals surface area contributed by atoms with Crippen molar-refractivity contribution >= 4 is 21.4 Å². The van der Waals surface area contributed by atoms with Crippen LogP contribution in [0.4, 0.5) is 5.69 Å². The molecule has 0 unspecified atom stereocenters. The van der Waals surface area contributed by atoms with Crippen LogP contribution < -0.4 is 10.6 Å². The number of carbonyl (C=O) groups is 1. The summed E-state index contributed by atoms with van der Waals surface area (Å²) in [7, 11) is -3.14. The monoisotopic (exact) mass is 352 g/mol. The van der Waals surface area contributed by atoms with E-state index < -0.39 is 15.1 Å². The fraction of sp³-hybridized carbons (Fsp3) is 0.611. The van der Waals surface area contributed by atoms with Crippen molar-refractivity contribution in [2.45, 2.75) is 50.5 Å². The van der Waals surface area contributed by atoms with Crippen LogP contribution in [0, 0.1) is 5.92 Å². The maximum atomic E-state index is 12.1. The lowest BCUT2D eigenvalue weighted by Gasteiger charge is -2.22. The van der Waals surface area contributed by atoms with Gasteiger partial charge in [-0.3, -0.25) is 4.79 Å². The van der Waals surface area contributed by atoms with Crippen LogP contribution in [0.5, 0.6) is 0 Å². The number of hydrogen-bond acceptors (Lipinski definition) is 4. The zero-order chi connectivity index (χ0) is 17.6.